The Bertz CT molecular complexity index is 930. The molecule has 0 atom stereocenters. The lowest BCUT2D eigenvalue weighted by molar-refractivity contribution is 0.0726. The van der Waals surface area contributed by atoms with Gasteiger partial charge in [0.25, 0.3) is 0 Å². The second-order valence-electron chi connectivity index (χ2n) is 10.6. The number of rotatable bonds is 14. The van der Waals surface area contributed by atoms with E-state index in [1.165, 1.54) is 88.3 Å². The first-order chi connectivity index (χ1) is 17.5. The van der Waals surface area contributed by atoms with Crippen molar-refractivity contribution in [2.75, 3.05) is 0 Å². The molecule has 1 aliphatic rings. The number of benzene rings is 2. The molecular weight excluding hydrogens is 454 g/mol. The summed E-state index contributed by atoms with van der Waals surface area (Å²) < 4.78 is 34.1. The lowest BCUT2D eigenvalue weighted by atomic mass is 9.77. The maximum atomic E-state index is 14.5. The van der Waals surface area contributed by atoms with Crippen LogP contribution < -0.4 is 4.74 Å². The summed E-state index contributed by atoms with van der Waals surface area (Å²) in [7, 11) is 0. The molecule has 0 heterocycles. The van der Waals surface area contributed by atoms with E-state index in [1.54, 1.807) is 12.1 Å². The Morgan fingerprint density at radius 2 is 1.42 bits per heavy atom. The molecule has 4 heteroatoms. The number of hydrogen-bond donors (Lipinski definition) is 0. The molecule has 0 radical (unpaired) electrons. The monoisotopic (exact) mass is 498 g/mol. The van der Waals surface area contributed by atoms with Gasteiger partial charge in [-0.2, -0.15) is 4.39 Å². The summed E-state index contributed by atoms with van der Waals surface area (Å²) in [6, 6.07) is 10.3. The minimum atomic E-state index is -1.09. The predicted molar refractivity (Wildman–Crippen MR) is 144 cm³/mol. The Balaban J connectivity index is 1.46. The van der Waals surface area contributed by atoms with Gasteiger partial charge in [0.1, 0.15) is 0 Å². The number of halogens is 2. The van der Waals surface area contributed by atoms with E-state index in [2.05, 4.69) is 13.8 Å². The largest absolute Gasteiger partial charge is 0.420 e. The van der Waals surface area contributed by atoms with E-state index in [0.717, 1.165) is 25.2 Å². The Labute approximate surface area is 216 Å². The van der Waals surface area contributed by atoms with Crippen LogP contribution in [0.2, 0.25) is 0 Å². The zero-order valence-electron chi connectivity index (χ0n) is 22.3. The topological polar surface area (TPSA) is 26.3 Å². The first-order valence-corrected chi connectivity index (χ1v) is 14.3. The smallest absolute Gasteiger partial charge is 0.343 e. The molecule has 198 valence electrons. The van der Waals surface area contributed by atoms with Crippen molar-refractivity contribution in [1.29, 1.82) is 0 Å². The van der Waals surface area contributed by atoms with Gasteiger partial charge in [0, 0.05) is 0 Å². The highest BCUT2D eigenvalue weighted by Crippen LogP contribution is 2.38. The summed E-state index contributed by atoms with van der Waals surface area (Å²) in [5.74, 6) is -1.64. The molecule has 0 unspecified atom stereocenters. The number of carbonyl (C=O) groups excluding carboxylic acids is 1. The molecular formula is C32H44F2O2. The van der Waals surface area contributed by atoms with E-state index >= 15 is 0 Å². The van der Waals surface area contributed by atoms with Gasteiger partial charge < -0.3 is 4.74 Å². The van der Waals surface area contributed by atoms with Gasteiger partial charge in [-0.25, -0.2) is 9.18 Å². The van der Waals surface area contributed by atoms with Gasteiger partial charge in [-0.15, -0.1) is 0 Å². The highest BCUT2D eigenvalue weighted by molar-refractivity contribution is 5.91. The Morgan fingerprint density at radius 1 is 0.778 bits per heavy atom. The van der Waals surface area contributed by atoms with Crippen molar-refractivity contribution in [2.45, 2.75) is 116 Å². The summed E-state index contributed by atoms with van der Waals surface area (Å²) in [4.78, 5) is 12.6. The van der Waals surface area contributed by atoms with Crippen molar-refractivity contribution in [1.82, 2.24) is 0 Å². The minimum Gasteiger partial charge on any atom is -0.420 e. The van der Waals surface area contributed by atoms with E-state index in [9.17, 15) is 13.6 Å². The molecule has 0 aliphatic heterocycles. The van der Waals surface area contributed by atoms with Crippen LogP contribution in [0.3, 0.4) is 0 Å². The van der Waals surface area contributed by atoms with Gasteiger partial charge in [0.15, 0.2) is 11.6 Å². The van der Waals surface area contributed by atoms with Gasteiger partial charge in [-0.05, 0) is 79.7 Å². The highest BCUT2D eigenvalue weighted by atomic mass is 19.2. The van der Waals surface area contributed by atoms with E-state index in [-0.39, 0.29) is 5.75 Å². The number of unbranched alkanes of at least 4 members (excludes halogenated alkanes) is 7. The average Bonchev–Trinajstić information content (AvgIpc) is 2.90. The van der Waals surface area contributed by atoms with Crippen molar-refractivity contribution < 1.29 is 18.3 Å². The van der Waals surface area contributed by atoms with Crippen LogP contribution in [0.4, 0.5) is 8.78 Å². The average molecular weight is 499 g/mol. The van der Waals surface area contributed by atoms with E-state index in [4.69, 9.17) is 4.74 Å². The molecule has 0 aromatic heterocycles. The zero-order chi connectivity index (χ0) is 25.8. The van der Waals surface area contributed by atoms with Gasteiger partial charge in [0.2, 0.25) is 5.82 Å². The summed E-state index contributed by atoms with van der Waals surface area (Å²) in [5.41, 5.74) is 1.92. The molecule has 2 nitrogen and oxygen atoms in total. The van der Waals surface area contributed by atoms with Gasteiger partial charge in [-0.3, -0.25) is 0 Å². The number of hydrogen-bond acceptors (Lipinski definition) is 2. The lowest BCUT2D eigenvalue weighted by Gasteiger charge is -2.29. The molecule has 36 heavy (non-hydrogen) atoms. The first-order valence-electron chi connectivity index (χ1n) is 14.3. The molecule has 2 aromatic carbocycles. The fourth-order valence-corrected chi connectivity index (χ4v) is 5.46. The van der Waals surface area contributed by atoms with Crippen LogP contribution in [0, 0.1) is 17.6 Å². The Hall–Kier alpha value is -2.23. The Morgan fingerprint density at radius 3 is 2.11 bits per heavy atom. The van der Waals surface area contributed by atoms with E-state index < -0.39 is 17.6 Å². The number of esters is 1. The first kappa shape index (κ1) is 28.3. The highest BCUT2D eigenvalue weighted by Gasteiger charge is 2.23. The second kappa shape index (κ2) is 15.1. The SMILES string of the molecule is CCCCCCCC[C@H]1CC[C@H](c2ccc(C(=O)Oc3ccc(CCCCC)c(F)c3F)cc2)CC1. The van der Waals surface area contributed by atoms with Crippen LogP contribution in [-0.4, -0.2) is 5.97 Å². The molecule has 0 saturated heterocycles. The summed E-state index contributed by atoms with van der Waals surface area (Å²) in [6.45, 7) is 4.32. The minimum absolute atomic E-state index is 0.326. The molecule has 0 N–H and O–H groups in total. The third-order valence-corrected chi connectivity index (χ3v) is 7.81. The van der Waals surface area contributed by atoms with Crippen molar-refractivity contribution >= 4 is 5.97 Å². The molecule has 0 bridgehead atoms. The summed E-state index contributed by atoms with van der Waals surface area (Å²) in [5, 5.41) is 0. The summed E-state index contributed by atoms with van der Waals surface area (Å²) >= 11 is 0. The third-order valence-electron chi connectivity index (χ3n) is 7.81. The normalized spacial score (nSPS) is 17.8. The van der Waals surface area contributed by atoms with Crippen molar-refractivity contribution in [3.05, 3.63) is 64.7 Å². The van der Waals surface area contributed by atoms with Crippen molar-refractivity contribution in [3.8, 4) is 5.75 Å². The lowest BCUT2D eigenvalue weighted by Crippen LogP contribution is -2.14. The predicted octanol–water partition coefficient (Wildman–Crippen LogP) is 9.94. The maximum Gasteiger partial charge on any atom is 0.343 e. The molecule has 0 spiro atoms. The van der Waals surface area contributed by atoms with Gasteiger partial charge in [0.05, 0.1) is 5.56 Å². The van der Waals surface area contributed by atoms with Crippen LogP contribution in [0.25, 0.3) is 0 Å². The van der Waals surface area contributed by atoms with E-state index in [0.29, 0.717) is 23.5 Å². The quantitative estimate of drug-likeness (QED) is 0.147. The van der Waals surface area contributed by atoms with Crippen molar-refractivity contribution in [3.63, 3.8) is 0 Å². The van der Waals surface area contributed by atoms with Crippen LogP contribution in [-0.2, 0) is 6.42 Å². The van der Waals surface area contributed by atoms with Crippen molar-refractivity contribution in [2.24, 2.45) is 5.92 Å². The third kappa shape index (κ3) is 8.42. The fraction of sp³-hybridized carbons (Fsp3) is 0.594. The number of aryl methyl sites for hydroxylation is 1. The molecule has 3 rings (SSSR count). The Kier molecular flexibility index (Phi) is 11.9. The molecule has 1 fully saturated rings. The molecule has 1 saturated carbocycles. The fourth-order valence-electron chi connectivity index (χ4n) is 5.46. The van der Waals surface area contributed by atoms with Gasteiger partial charge >= 0.3 is 5.97 Å². The summed E-state index contributed by atoms with van der Waals surface area (Å²) in [6.07, 6.45) is 17.7. The number of ether oxygens (including phenoxy) is 1. The van der Waals surface area contributed by atoms with Gasteiger partial charge in [-0.1, -0.05) is 89.8 Å². The van der Waals surface area contributed by atoms with Crippen LogP contribution in [0.1, 0.15) is 131 Å². The van der Waals surface area contributed by atoms with Crippen LogP contribution >= 0.6 is 0 Å². The molecule has 1 aliphatic carbocycles. The van der Waals surface area contributed by atoms with Crippen LogP contribution in [0.15, 0.2) is 36.4 Å². The van der Waals surface area contributed by atoms with Crippen LogP contribution in [0.5, 0.6) is 5.75 Å². The van der Waals surface area contributed by atoms with E-state index in [1.807, 2.05) is 12.1 Å². The standard InChI is InChI=1S/C32H44F2O2/c1-3-5-7-8-9-11-12-24-14-16-25(17-15-24)26-18-20-28(21-19-26)32(35)36-29-23-22-27(13-10-6-4-2)30(33)31(29)34/h18-25H,3-17H2,1-2H3/t24-,25-. The zero-order valence-corrected chi connectivity index (χ0v) is 22.3. The number of carbonyl (C=O) groups is 1. The second-order valence-corrected chi connectivity index (χ2v) is 10.6. The molecule has 0 amide bonds. The maximum absolute atomic E-state index is 14.5. The molecule has 2 aromatic rings.